The maximum atomic E-state index is 13.9. The molecule has 1 heterocycles. The zero-order valence-electron chi connectivity index (χ0n) is 22.5. The van der Waals surface area contributed by atoms with Gasteiger partial charge in [-0.05, 0) is 62.6 Å². The van der Waals surface area contributed by atoms with Crippen molar-refractivity contribution in [2.24, 2.45) is 0 Å². The molecule has 0 aromatic heterocycles. The zero-order chi connectivity index (χ0) is 28.0. The lowest BCUT2D eigenvalue weighted by Gasteiger charge is -2.34. The molecule has 3 aromatic carbocycles. The van der Waals surface area contributed by atoms with Crippen molar-refractivity contribution in [3.8, 4) is 11.5 Å². The Hall–Kier alpha value is -3.22. The summed E-state index contributed by atoms with van der Waals surface area (Å²) in [4.78, 5) is 29.3. The molecule has 1 N–H and O–H groups in total. The van der Waals surface area contributed by atoms with Crippen LogP contribution in [-0.4, -0.2) is 41.5 Å². The molecule has 0 spiro atoms. The van der Waals surface area contributed by atoms with Crippen LogP contribution < -0.4 is 14.8 Å². The van der Waals surface area contributed by atoms with Gasteiger partial charge >= 0.3 is 0 Å². The molecule has 4 rings (SSSR count). The molecule has 0 fully saturated rings. The monoisotopic (exact) mass is 568 g/mol. The number of carbonyl (C=O) groups excluding carboxylic acids is 2. The molecule has 0 bridgehead atoms. The number of hydrogen-bond acceptors (Lipinski definition) is 4. The molecule has 3 aromatic rings. The maximum Gasteiger partial charge on any atom is 0.243 e. The summed E-state index contributed by atoms with van der Waals surface area (Å²) >= 11 is 13.0. The first kappa shape index (κ1) is 28.8. The lowest BCUT2D eigenvalue weighted by atomic mass is 9.99. The minimum absolute atomic E-state index is 0.105. The summed E-state index contributed by atoms with van der Waals surface area (Å²) in [6.45, 7) is 6.87. The van der Waals surface area contributed by atoms with E-state index in [-0.39, 0.29) is 24.8 Å². The first-order chi connectivity index (χ1) is 18.6. The van der Waals surface area contributed by atoms with Gasteiger partial charge in [-0.3, -0.25) is 9.59 Å². The van der Waals surface area contributed by atoms with Crippen molar-refractivity contribution < 1.29 is 19.1 Å². The Bertz CT molecular complexity index is 1290. The van der Waals surface area contributed by atoms with Crippen molar-refractivity contribution in [2.45, 2.75) is 58.2 Å². The van der Waals surface area contributed by atoms with Crippen molar-refractivity contribution in [2.75, 3.05) is 13.2 Å². The van der Waals surface area contributed by atoms with Crippen LogP contribution in [0.25, 0.3) is 0 Å². The summed E-state index contributed by atoms with van der Waals surface area (Å²) in [5, 5.41) is 3.96. The molecular weight excluding hydrogens is 535 g/mol. The second-order valence-corrected chi connectivity index (χ2v) is 11.5. The molecule has 0 aliphatic carbocycles. The molecule has 1 aliphatic rings. The Labute approximate surface area is 240 Å². The number of ether oxygens (including phenoxy) is 2. The number of halogens is 2. The Morgan fingerprint density at radius 1 is 0.897 bits per heavy atom. The summed E-state index contributed by atoms with van der Waals surface area (Å²) in [5.74, 6) is 0.971. The molecule has 206 valence electrons. The van der Waals surface area contributed by atoms with E-state index in [9.17, 15) is 9.59 Å². The van der Waals surface area contributed by atoms with Crippen LogP contribution in [0.2, 0.25) is 10.0 Å². The number of nitrogens with one attached hydrogen (secondary N) is 1. The third-order valence-corrected chi connectivity index (χ3v) is 7.10. The Balaban J connectivity index is 1.65. The van der Waals surface area contributed by atoms with Gasteiger partial charge in [-0.2, -0.15) is 0 Å². The fraction of sp³-hybridized carbons (Fsp3) is 0.355. The minimum Gasteiger partial charge on any atom is -0.486 e. The Morgan fingerprint density at radius 3 is 2.23 bits per heavy atom. The fourth-order valence-corrected chi connectivity index (χ4v) is 5.02. The van der Waals surface area contributed by atoms with Gasteiger partial charge in [0.2, 0.25) is 11.8 Å². The van der Waals surface area contributed by atoms with Crippen LogP contribution in [-0.2, 0) is 29.0 Å². The zero-order valence-corrected chi connectivity index (χ0v) is 24.0. The van der Waals surface area contributed by atoms with E-state index in [1.54, 1.807) is 23.1 Å². The van der Waals surface area contributed by atoms with Crippen LogP contribution in [0.1, 0.15) is 43.9 Å². The van der Waals surface area contributed by atoms with Gasteiger partial charge in [0.25, 0.3) is 0 Å². The molecule has 8 heteroatoms. The second-order valence-electron chi connectivity index (χ2n) is 10.6. The van der Waals surface area contributed by atoms with Crippen molar-refractivity contribution in [1.29, 1.82) is 0 Å². The number of benzene rings is 3. The van der Waals surface area contributed by atoms with Gasteiger partial charge in [0.1, 0.15) is 19.3 Å². The summed E-state index contributed by atoms with van der Waals surface area (Å²) in [5.41, 5.74) is 2.02. The van der Waals surface area contributed by atoms with Crippen LogP contribution in [0, 0.1) is 0 Å². The molecule has 0 saturated heterocycles. The van der Waals surface area contributed by atoms with Gasteiger partial charge in [0.15, 0.2) is 11.5 Å². The highest BCUT2D eigenvalue weighted by molar-refractivity contribution is 6.36. The number of amides is 2. The topological polar surface area (TPSA) is 67.9 Å². The van der Waals surface area contributed by atoms with Crippen molar-refractivity contribution in [3.63, 3.8) is 0 Å². The molecule has 6 nitrogen and oxygen atoms in total. The predicted molar refractivity (Wildman–Crippen MR) is 155 cm³/mol. The number of rotatable bonds is 9. The Morgan fingerprint density at radius 2 is 1.56 bits per heavy atom. The van der Waals surface area contributed by atoms with Gasteiger partial charge in [-0.25, -0.2) is 0 Å². The van der Waals surface area contributed by atoms with Crippen molar-refractivity contribution in [1.82, 2.24) is 10.2 Å². The molecule has 2 amide bonds. The van der Waals surface area contributed by atoms with E-state index >= 15 is 0 Å². The standard InChI is InChI=1S/C31H34Cl2N2O4/c1-31(2,3)34-30(37)26(18-21-8-5-4-6-9-21)35(20-23-24(32)10-7-11-25(23)33)29(36)15-13-22-12-14-27-28(19-22)39-17-16-38-27/h4-12,14,19,26H,13,15-18,20H2,1-3H3,(H,34,37). The highest BCUT2D eigenvalue weighted by atomic mass is 35.5. The normalized spacial score (nSPS) is 13.5. The van der Waals surface area contributed by atoms with Crippen molar-refractivity contribution in [3.05, 3.63) is 93.5 Å². The average molecular weight is 570 g/mol. The van der Waals surface area contributed by atoms with Gasteiger partial charge in [0, 0.05) is 40.5 Å². The van der Waals surface area contributed by atoms with E-state index in [4.69, 9.17) is 32.7 Å². The summed E-state index contributed by atoms with van der Waals surface area (Å²) in [6.07, 6.45) is 1.01. The fourth-order valence-electron chi connectivity index (χ4n) is 4.50. The average Bonchev–Trinajstić information content (AvgIpc) is 2.90. The van der Waals surface area contributed by atoms with E-state index in [1.165, 1.54) is 0 Å². The summed E-state index contributed by atoms with van der Waals surface area (Å²) in [6, 6.07) is 19.9. The van der Waals surface area contributed by atoms with Crippen molar-refractivity contribution >= 4 is 35.0 Å². The first-order valence-corrected chi connectivity index (χ1v) is 13.8. The highest BCUT2D eigenvalue weighted by Gasteiger charge is 2.33. The van der Waals surface area contributed by atoms with Crippen LogP contribution in [0.3, 0.4) is 0 Å². The minimum atomic E-state index is -0.772. The molecular formula is C31H34Cl2N2O4. The SMILES string of the molecule is CC(C)(C)NC(=O)C(Cc1ccccc1)N(Cc1c(Cl)cccc1Cl)C(=O)CCc1ccc2c(c1)OCCO2. The van der Waals surface area contributed by atoms with Crippen LogP contribution in [0.5, 0.6) is 11.5 Å². The summed E-state index contributed by atoms with van der Waals surface area (Å²) in [7, 11) is 0. The molecule has 1 atom stereocenters. The molecule has 0 radical (unpaired) electrons. The molecule has 0 saturated carbocycles. The van der Waals surface area contributed by atoms with E-state index in [0.717, 1.165) is 11.1 Å². The third kappa shape index (κ3) is 7.90. The number of fused-ring (bicyclic) bond motifs is 1. The first-order valence-electron chi connectivity index (χ1n) is 13.1. The van der Waals surface area contributed by atoms with Crippen LogP contribution in [0.4, 0.5) is 0 Å². The van der Waals surface area contributed by atoms with E-state index in [1.807, 2.05) is 69.3 Å². The molecule has 1 unspecified atom stereocenters. The van der Waals surface area contributed by atoms with Gasteiger partial charge in [0.05, 0.1) is 0 Å². The van der Waals surface area contributed by atoms with Crippen LogP contribution in [0.15, 0.2) is 66.7 Å². The second kappa shape index (κ2) is 12.8. The van der Waals surface area contributed by atoms with E-state index in [0.29, 0.717) is 53.2 Å². The Kier molecular flexibility index (Phi) is 9.41. The molecule has 39 heavy (non-hydrogen) atoms. The van der Waals surface area contributed by atoms with E-state index < -0.39 is 11.6 Å². The highest BCUT2D eigenvalue weighted by Crippen LogP contribution is 2.32. The van der Waals surface area contributed by atoms with Crippen LogP contribution >= 0.6 is 23.2 Å². The lowest BCUT2D eigenvalue weighted by Crippen LogP contribution is -2.54. The largest absolute Gasteiger partial charge is 0.486 e. The smallest absolute Gasteiger partial charge is 0.243 e. The molecule has 1 aliphatic heterocycles. The lowest BCUT2D eigenvalue weighted by molar-refractivity contribution is -0.141. The predicted octanol–water partition coefficient (Wildman–Crippen LogP) is 6.25. The maximum absolute atomic E-state index is 13.9. The van der Waals surface area contributed by atoms with Gasteiger partial charge < -0.3 is 19.7 Å². The van der Waals surface area contributed by atoms with Gasteiger partial charge in [-0.1, -0.05) is 65.7 Å². The number of nitrogens with zero attached hydrogens (tertiary/aromatic N) is 1. The number of hydrogen-bond donors (Lipinski definition) is 1. The van der Waals surface area contributed by atoms with Gasteiger partial charge in [-0.15, -0.1) is 0 Å². The number of carbonyl (C=O) groups is 2. The summed E-state index contributed by atoms with van der Waals surface area (Å²) < 4.78 is 11.3. The third-order valence-electron chi connectivity index (χ3n) is 6.39. The number of aryl methyl sites for hydroxylation is 1. The quantitative estimate of drug-likeness (QED) is 0.331. The van der Waals surface area contributed by atoms with E-state index in [2.05, 4.69) is 5.32 Å².